The Morgan fingerprint density at radius 1 is 1.24 bits per heavy atom. The summed E-state index contributed by atoms with van der Waals surface area (Å²) in [6.07, 6.45) is 2.22. The second-order valence-corrected chi connectivity index (χ2v) is 3.41. The average Bonchev–Trinajstić information content (AvgIpc) is 2.38. The van der Waals surface area contributed by atoms with Gasteiger partial charge in [-0.25, -0.2) is 9.37 Å². The van der Waals surface area contributed by atoms with Gasteiger partial charge in [-0.05, 0) is 23.8 Å². The van der Waals surface area contributed by atoms with Gasteiger partial charge in [0.2, 0.25) is 5.88 Å². The van der Waals surface area contributed by atoms with Crippen molar-refractivity contribution in [2.75, 3.05) is 7.11 Å². The molecule has 86 valence electrons. The van der Waals surface area contributed by atoms with Gasteiger partial charge in [0, 0.05) is 11.8 Å². The molecule has 0 amide bonds. The van der Waals surface area contributed by atoms with Crippen LogP contribution in [0.1, 0.15) is 10.4 Å². The summed E-state index contributed by atoms with van der Waals surface area (Å²) < 4.78 is 18.0. The largest absolute Gasteiger partial charge is 0.481 e. The highest BCUT2D eigenvalue weighted by Crippen LogP contribution is 2.30. The number of ether oxygens (including phenoxy) is 1. The standard InChI is InChI=1S/C13H10FNO2/c1-17-13-12(10(8-16)6-7-15-13)9-2-4-11(14)5-3-9/h2-8H,1H3. The lowest BCUT2D eigenvalue weighted by molar-refractivity contribution is 0.112. The Balaban J connectivity index is 2.63. The summed E-state index contributed by atoms with van der Waals surface area (Å²) in [5.74, 6) is 0.0190. The molecule has 0 unspecified atom stereocenters. The number of halogens is 1. The molecule has 0 aliphatic heterocycles. The van der Waals surface area contributed by atoms with E-state index in [0.717, 1.165) is 6.29 Å². The van der Waals surface area contributed by atoms with Crippen molar-refractivity contribution in [3.63, 3.8) is 0 Å². The van der Waals surface area contributed by atoms with Crippen LogP contribution in [0.5, 0.6) is 5.88 Å². The minimum atomic E-state index is -0.329. The lowest BCUT2D eigenvalue weighted by atomic mass is 10.0. The zero-order valence-electron chi connectivity index (χ0n) is 9.18. The van der Waals surface area contributed by atoms with Crippen LogP contribution in [0.25, 0.3) is 11.1 Å². The summed E-state index contributed by atoms with van der Waals surface area (Å²) in [6.45, 7) is 0. The number of benzene rings is 1. The Labute approximate surface area is 97.9 Å². The van der Waals surface area contributed by atoms with E-state index >= 15 is 0 Å². The summed E-state index contributed by atoms with van der Waals surface area (Å²) in [5.41, 5.74) is 1.73. The minimum absolute atomic E-state index is 0.329. The van der Waals surface area contributed by atoms with Gasteiger partial charge in [-0.3, -0.25) is 4.79 Å². The smallest absolute Gasteiger partial charge is 0.221 e. The lowest BCUT2D eigenvalue weighted by Crippen LogP contribution is -1.96. The third-order valence-corrected chi connectivity index (χ3v) is 2.40. The second kappa shape index (κ2) is 4.74. The van der Waals surface area contributed by atoms with Gasteiger partial charge in [0.25, 0.3) is 0 Å². The normalized spacial score (nSPS) is 10.0. The zero-order chi connectivity index (χ0) is 12.3. The monoisotopic (exact) mass is 231 g/mol. The molecule has 17 heavy (non-hydrogen) atoms. The molecule has 4 heteroatoms. The summed E-state index contributed by atoms with van der Waals surface area (Å²) in [7, 11) is 1.48. The molecule has 0 saturated heterocycles. The number of aldehydes is 1. The first kappa shape index (κ1) is 11.3. The first-order chi connectivity index (χ1) is 8.26. The van der Waals surface area contributed by atoms with E-state index in [0.29, 0.717) is 22.6 Å². The number of aromatic nitrogens is 1. The maximum atomic E-state index is 12.9. The number of rotatable bonds is 3. The zero-order valence-corrected chi connectivity index (χ0v) is 9.18. The minimum Gasteiger partial charge on any atom is -0.481 e. The van der Waals surface area contributed by atoms with Gasteiger partial charge in [-0.1, -0.05) is 12.1 Å². The highest BCUT2D eigenvalue weighted by molar-refractivity contribution is 5.89. The third kappa shape index (κ3) is 2.15. The number of carbonyl (C=O) groups is 1. The number of methoxy groups -OCH3 is 1. The first-order valence-electron chi connectivity index (χ1n) is 5.00. The highest BCUT2D eigenvalue weighted by atomic mass is 19.1. The van der Waals surface area contributed by atoms with Crippen molar-refractivity contribution in [3.8, 4) is 17.0 Å². The topological polar surface area (TPSA) is 39.2 Å². The molecule has 1 heterocycles. The van der Waals surface area contributed by atoms with Crippen LogP contribution in [0.2, 0.25) is 0 Å². The van der Waals surface area contributed by atoms with Crippen molar-refractivity contribution in [1.29, 1.82) is 0 Å². The van der Waals surface area contributed by atoms with Crippen LogP contribution in [-0.2, 0) is 0 Å². The molecule has 0 spiro atoms. The molecule has 0 bridgehead atoms. The van der Waals surface area contributed by atoms with E-state index in [1.165, 1.54) is 25.4 Å². The molecule has 0 radical (unpaired) electrons. The van der Waals surface area contributed by atoms with E-state index < -0.39 is 0 Å². The van der Waals surface area contributed by atoms with E-state index in [1.807, 2.05) is 0 Å². The van der Waals surface area contributed by atoms with E-state index in [-0.39, 0.29) is 5.82 Å². The fourth-order valence-corrected chi connectivity index (χ4v) is 1.62. The molecule has 1 aromatic heterocycles. The predicted octanol–water partition coefficient (Wildman–Crippen LogP) is 2.71. The predicted molar refractivity (Wildman–Crippen MR) is 61.6 cm³/mol. The quantitative estimate of drug-likeness (QED) is 0.762. The second-order valence-electron chi connectivity index (χ2n) is 3.41. The molecule has 0 atom stereocenters. The van der Waals surface area contributed by atoms with Crippen LogP contribution in [0.3, 0.4) is 0 Å². The van der Waals surface area contributed by atoms with Crippen LogP contribution in [-0.4, -0.2) is 18.4 Å². The molecule has 1 aromatic carbocycles. The van der Waals surface area contributed by atoms with Gasteiger partial charge in [0.05, 0.1) is 12.7 Å². The van der Waals surface area contributed by atoms with Gasteiger partial charge < -0.3 is 4.74 Å². The number of carbonyl (C=O) groups excluding carboxylic acids is 1. The number of hydrogen-bond donors (Lipinski definition) is 0. The SMILES string of the molecule is COc1nccc(C=O)c1-c1ccc(F)cc1. The third-order valence-electron chi connectivity index (χ3n) is 2.40. The maximum absolute atomic E-state index is 12.9. The summed E-state index contributed by atoms with van der Waals surface area (Å²) in [4.78, 5) is 15.0. The molecule has 0 aliphatic rings. The van der Waals surface area contributed by atoms with Crippen molar-refractivity contribution in [3.05, 3.63) is 47.9 Å². The lowest BCUT2D eigenvalue weighted by Gasteiger charge is -2.09. The molecular weight excluding hydrogens is 221 g/mol. The Kier molecular flexibility index (Phi) is 3.14. The number of pyridine rings is 1. The van der Waals surface area contributed by atoms with E-state index in [9.17, 15) is 9.18 Å². The Morgan fingerprint density at radius 2 is 1.94 bits per heavy atom. The highest BCUT2D eigenvalue weighted by Gasteiger charge is 2.12. The number of nitrogens with zero attached hydrogens (tertiary/aromatic N) is 1. The molecule has 0 fully saturated rings. The first-order valence-corrected chi connectivity index (χ1v) is 5.00. The fourth-order valence-electron chi connectivity index (χ4n) is 1.62. The van der Waals surface area contributed by atoms with E-state index in [4.69, 9.17) is 4.74 Å². The molecular formula is C13H10FNO2. The van der Waals surface area contributed by atoms with Crippen LogP contribution < -0.4 is 4.74 Å². The van der Waals surface area contributed by atoms with Gasteiger partial charge in [-0.2, -0.15) is 0 Å². The van der Waals surface area contributed by atoms with Crippen LogP contribution in [0, 0.1) is 5.82 Å². The summed E-state index contributed by atoms with van der Waals surface area (Å²) >= 11 is 0. The van der Waals surface area contributed by atoms with Gasteiger partial charge in [0.1, 0.15) is 5.82 Å². The molecule has 0 aliphatic carbocycles. The molecule has 2 aromatic rings. The van der Waals surface area contributed by atoms with Crippen molar-refractivity contribution in [2.45, 2.75) is 0 Å². The summed E-state index contributed by atoms with van der Waals surface area (Å²) in [6, 6.07) is 7.42. The molecule has 3 nitrogen and oxygen atoms in total. The van der Waals surface area contributed by atoms with Gasteiger partial charge in [-0.15, -0.1) is 0 Å². The maximum Gasteiger partial charge on any atom is 0.221 e. The molecule has 2 rings (SSSR count). The van der Waals surface area contributed by atoms with E-state index in [1.54, 1.807) is 18.2 Å². The Hall–Kier alpha value is -2.23. The number of hydrogen-bond acceptors (Lipinski definition) is 3. The van der Waals surface area contributed by atoms with Crippen molar-refractivity contribution < 1.29 is 13.9 Å². The fraction of sp³-hybridized carbons (Fsp3) is 0.0769. The molecule has 0 N–H and O–H groups in total. The van der Waals surface area contributed by atoms with Crippen molar-refractivity contribution in [1.82, 2.24) is 4.98 Å². The summed E-state index contributed by atoms with van der Waals surface area (Å²) in [5, 5.41) is 0. The Morgan fingerprint density at radius 3 is 2.53 bits per heavy atom. The average molecular weight is 231 g/mol. The van der Waals surface area contributed by atoms with Crippen LogP contribution in [0.4, 0.5) is 4.39 Å². The molecule has 0 saturated carbocycles. The van der Waals surface area contributed by atoms with Crippen molar-refractivity contribution >= 4 is 6.29 Å². The van der Waals surface area contributed by atoms with Crippen molar-refractivity contribution in [2.24, 2.45) is 0 Å². The Bertz CT molecular complexity index is 538. The van der Waals surface area contributed by atoms with Crippen LogP contribution >= 0.6 is 0 Å². The van der Waals surface area contributed by atoms with Crippen LogP contribution in [0.15, 0.2) is 36.5 Å². The van der Waals surface area contributed by atoms with Gasteiger partial charge in [0.15, 0.2) is 6.29 Å². The van der Waals surface area contributed by atoms with E-state index in [2.05, 4.69) is 4.98 Å². The van der Waals surface area contributed by atoms with Gasteiger partial charge >= 0.3 is 0 Å².